The van der Waals surface area contributed by atoms with E-state index in [-0.39, 0.29) is 17.2 Å². The van der Waals surface area contributed by atoms with Crippen molar-refractivity contribution in [2.24, 2.45) is 0 Å². The minimum absolute atomic E-state index is 0.173. The fraction of sp³-hybridized carbons (Fsp3) is 0.278. The topological polar surface area (TPSA) is 47.6 Å². The van der Waals surface area contributed by atoms with Crippen LogP contribution >= 0.6 is 11.8 Å². The third-order valence-corrected chi connectivity index (χ3v) is 4.68. The first-order valence-corrected chi connectivity index (χ1v) is 8.78. The summed E-state index contributed by atoms with van der Waals surface area (Å²) in [7, 11) is 0. The zero-order valence-corrected chi connectivity index (χ0v) is 14.4. The molecule has 0 bridgehead atoms. The molecule has 0 unspecified atom stereocenters. The molecule has 25 heavy (non-hydrogen) atoms. The molecule has 1 N–H and O–H groups in total. The van der Waals surface area contributed by atoms with Gasteiger partial charge < -0.3 is 14.8 Å². The molecule has 3 rings (SSSR count). The van der Waals surface area contributed by atoms with Crippen LogP contribution in [0.1, 0.15) is 18.5 Å². The molecule has 0 saturated heterocycles. The molecule has 0 aromatic heterocycles. The van der Waals surface area contributed by atoms with Crippen LogP contribution in [-0.2, 0) is 4.79 Å². The summed E-state index contributed by atoms with van der Waals surface area (Å²) >= 11 is 1.34. The van der Waals surface area contributed by atoms with Gasteiger partial charge in [0.2, 0.25) is 5.91 Å². The first-order chi connectivity index (χ1) is 12.0. The number of hydrogen-bond donors (Lipinski definition) is 1. The Balaban J connectivity index is 1.55. The van der Waals surface area contributed by atoms with Gasteiger partial charge in [-0.25, -0.2) is 8.78 Å². The number of nitrogens with one attached hydrogen (secondary N) is 1. The Labute approximate surface area is 148 Å². The molecule has 2 aromatic rings. The Morgan fingerprint density at radius 3 is 2.68 bits per heavy atom. The van der Waals surface area contributed by atoms with Crippen LogP contribution in [0.25, 0.3) is 0 Å². The predicted molar refractivity (Wildman–Crippen MR) is 91.1 cm³/mol. The average Bonchev–Trinajstić information content (AvgIpc) is 2.59. The van der Waals surface area contributed by atoms with Crippen LogP contribution in [0, 0.1) is 11.6 Å². The van der Waals surface area contributed by atoms with E-state index in [9.17, 15) is 13.6 Å². The van der Waals surface area contributed by atoms with Crippen molar-refractivity contribution in [3.63, 3.8) is 0 Å². The molecule has 1 aliphatic heterocycles. The van der Waals surface area contributed by atoms with Crippen LogP contribution < -0.4 is 14.8 Å². The van der Waals surface area contributed by atoms with Crippen molar-refractivity contribution in [2.45, 2.75) is 17.9 Å². The highest BCUT2D eigenvalue weighted by atomic mass is 32.2. The van der Waals surface area contributed by atoms with E-state index in [0.717, 1.165) is 11.0 Å². The van der Waals surface area contributed by atoms with Crippen molar-refractivity contribution in [3.8, 4) is 11.5 Å². The van der Waals surface area contributed by atoms with E-state index in [1.165, 1.54) is 23.9 Å². The Hall–Kier alpha value is -2.28. The summed E-state index contributed by atoms with van der Waals surface area (Å²) in [6.45, 7) is 2.69. The first-order valence-electron chi connectivity index (χ1n) is 7.79. The second-order valence-corrected chi connectivity index (χ2v) is 6.60. The molecule has 7 heteroatoms. The van der Waals surface area contributed by atoms with Crippen LogP contribution in [0.5, 0.6) is 11.5 Å². The lowest BCUT2D eigenvalue weighted by atomic mass is 10.1. The zero-order chi connectivity index (χ0) is 17.8. The van der Waals surface area contributed by atoms with E-state index in [1.807, 2.05) is 18.2 Å². The van der Waals surface area contributed by atoms with Crippen molar-refractivity contribution in [2.75, 3.05) is 19.0 Å². The summed E-state index contributed by atoms with van der Waals surface area (Å²) in [5, 5.41) is 2.71. The lowest BCUT2D eigenvalue weighted by molar-refractivity contribution is -0.119. The maximum atomic E-state index is 13.7. The standard InChI is InChI=1S/C18H17F2NO3S/c1-11(14-4-2-12(19)8-15(14)20)21-18(22)10-25-13-3-5-16-17(9-13)24-7-6-23-16/h2-5,8-9,11H,6-7,10H2,1H3,(H,21,22)/t11-/m1/s1. The quantitative estimate of drug-likeness (QED) is 0.821. The molecule has 1 atom stereocenters. The summed E-state index contributed by atoms with van der Waals surface area (Å²) in [4.78, 5) is 13.0. The second-order valence-electron chi connectivity index (χ2n) is 5.55. The lowest BCUT2D eigenvalue weighted by Crippen LogP contribution is -2.28. The van der Waals surface area contributed by atoms with Gasteiger partial charge in [-0.1, -0.05) is 6.07 Å². The average molecular weight is 365 g/mol. The number of halogens is 2. The van der Waals surface area contributed by atoms with Crippen LogP contribution in [0.3, 0.4) is 0 Å². The molecule has 0 spiro atoms. The van der Waals surface area contributed by atoms with Gasteiger partial charge in [-0.05, 0) is 31.2 Å². The van der Waals surface area contributed by atoms with Crippen molar-refractivity contribution in [1.29, 1.82) is 0 Å². The second kappa shape index (κ2) is 7.74. The molecule has 0 saturated carbocycles. The number of thioether (sulfide) groups is 1. The fourth-order valence-electron chi connectivity index (χ4n) is 2.48. The Morgan fingerprint density at radius 1 is 1.16 bits per heavy atom. The molecule has 0 fully saturated rings. The number of carbonyl (C=O) groups is 1. The third kappa shape index (κ3) is 4.42. The third-order valence-electron chi connectivity index (χ3n) is 3.69. The molecular formula is C18H17F2NO3S. The summed E-state index contributed by atoms with van der Waals surface area (Å²) in [6.07, 6.45) is 0. The maximum absolute atomic E-state index is 13.7. The summed E-state index contributed by atoms with van der Waals surface area (Å²) in [6, 6.07) is 8.26. The molecule has 0 aliphatic carbocycles. The highest BCUT2D eigenvalue weighted by Crippen LogP contribution is 2.34. The Bertz CT molecular complexity index is 785. The number of amides is 1. The zero-order valence-electron chi connectivity index (χ0n) is 13.6. The molecule has 1 aliphatic rings. The number of ether oxygens (including phenoxy) is 2. The van der Waals surface area contributed by atoms with E-state index in [0.29, 0.717) is 24.7 Å². The summed E-state index contributed by atoms with van der Waals surface area (Å²) in [5.41, 5.74) is 0.249. The van der Waals surface area contributed by atoms with Gasteiger partial charge in [-0.3, -0.25) is 4.79 Å². The van der Waals surface area contributed by atoms with Gasteiger partial charge in [0.1, 0.15) is 24.8 Å². The first kappa shape index (κ1) is 17.5. The number of hydrogen-bond acceptors (Lipinski definition) is 4. The fourth-order valence-corrected chi connectivity index (χ4v) is 3.21. The van der Waals surface area contributed by atoms with Gasteiger partial charge in [0, 0.05) is 16.5 Å². The van der Waals surface area contributed by atoms with Crippen LogP contribution in [0.2, 0.25) is 0 Å². The van der Waals surface area contributed by atoms with Gasteiger partial charge in [-0.15, -0.1) is 11.8 Å². The summed E-state index contributed by atoms with van der Waals surface area (Å²) in [5.74, 6) is -0.0245. The van der Waals surface area contributed by atoms with Crippen molar-refractivity contribution in [3.05, 3.63) is 53.6 Å². The molecule has 0 radical (unpaired) electrons. The molecule has 1 heterocycles. The smallest absolute Gasteiger partial charge is 0.230 e. The lowest BCUT2D eigenvalue weighted by Gasteiger charge is -2.19. The van der Waals surface area contributed by atoms with Crippen LogP contribution in [0.15, 0.2) is 41.3 Å². The van der Waals surface area contributed by atoms with Crippen LogP contribution in [-0.4, -0.2) is 24.9 Å². The number of rotatable bonds is 5. The molecule has 4 nitrogen and oxygen atoms in total. The number of fused-ring (bicyclic) bond motifs is 1. The highest BCUT2D eigenvalue weighted by molar-refractivity contribution is 8.00. The minimum atomic E-state index is -0.674. The van der Waals surface area contributed by atoms with Crippen molar-refractivity contribution < 1.29 is 23.0 Å². The van der Waals surface area contributed by atoms with Gasteiger partial charge in [-0.2, -0.15) is 0 Å². The molecular weight excluding hydrogens is 348 g/mol. The molecule has 1 amide bonds. The molecule has 132 valence electrons. The van der Waals surface area contributed by atoms with Crippen molar-refractivity contribution >= 4 is 17.7 Å². The highest BCUT2D eigenvalue weighted by Gasteiger charge is 2.16. The minimum Gasteiger partial charge on any atom is -0.486 e. The number of carbonyl (C=O) groups excluding carboxylic acids is 1. The number of benzene rings is 2. The SMILES string of the molecule is C[C@@H](NC(=O)CSc1ccc2c(c1)OCCO2)c1ccc(F)cc1F. The normalized spacial score (nSPS) is 14.0. The Kier molecular flexibility index (Phi) is 5.43. The summed E-state index contributed by atoms with van der Waals surface area (Å²) < 4.78 is 37.6. The van der Waals surface area contributed by atoms with E-state index < -0.39 is 17.7 Å². The Morgan fingerprint density at radius 2 is 1.92 bits per heavy atom. The van der Waals surface area contributed by atoms with E-state index >= 15 is 0 Å². The maximum Gasteiger partial charge on any atom is 0.230 e. The van der Waals surface area contributed by atoms with Crippen LogP contribution in [0.4, 0.5) is 8.78 Å². The van der Waals surface area contributed by atoms with Gasteiger partial charge in [0.05, 0.1) is 11.8 Å². The van der Waals surface area contributed by atoms with Gasteiger partial charge >= 0.3 is 0 Å². The van der Waals surface area contributed by atoms with E-state index in [1.54, 1.807) is 6.92 Å². The molecule has 2 aromatic carbocycles. The van der Waals surface area contributed by atoms with Gasteiger partial charge in [0.25, 0.3) is 0 Å². The van der Waals surface area contributed by atoms with E-state index in [2.05, 4.69) is 5.32 Å². The van der Waals surface area contributed by atoms with E-state index in [4.69, 9.17) is 9.47 Å². The van der Waals surface area contributed by atoms with Crippen molar-refractivity contribution in [1.82, 2.24) is 5.32 Å². The largest absolute Gasteiger partial charge is 0.486 e. The predicted octanol–water partition coefficient (Wildman–Crippen LogP) is 3.71. The monoisotopic (exact) mass is 365 g/mol. The van der Waals surface area contributed by atoms with Gasteiger partial charge in [0.15, 0.2) is 11.5 Å².